The van der Waals surface area contributed by atoms with Gasteiger partial charge in [-0.2, -0.15) is 0 Å². The van der Waals surface area contributed by atoms with Gasteiger partial charge in [-0.05, 0) is 73.7 Å². The van der Waals surface area contributed by atoms with Gasteiger partial charge in [0.15, 0.2) is 5.78 Å². The van der Waals surface area contributed by atoms with Gasteiger partial charge < -0.3 is 15.3 Å². The number of aliphatic hydroxyl groups is 2. The molecule has 3 saturated carbocycles. The van der Waals surface area contributed by atoms with E-state index in [0.29, 0.717) is 25.7 Å². The van der Waals surface area contributed by atoms with Crippen LogP contribution in [0.4, 0.5) is 0 Å². The molecule has 0 radical (unpaired) electrons. The van der Waals surface area contributed by atoms with E-state index in [4.69, 9.17) is 0 Å². The SMILES string of the molecule is CCCC(C(=O)O)[C@H]1CC[C@H]2[C@@H]3[C@H](O)CC4=CC(=O)CC[C@]4(C)[C@H]3C[C@@H](O)[C@@]12C. The molecule has 0 amide bonds. The molecule has 3 N–H and O–H groups in total. The maximum atomic E-state index is 12.0. The molecule has 0 spiro atoms. The van der Waals surface area contributed by atoms with Crippen molar-refractivity contribution >= 4 is 11.8 Å². The van der Waals surface area contributed by atoms with Crippen LogP contribution in [0.2, 0.25) is 0 Å². The molecule has 0 bridgehead atoms. The molecule has 0 aromatic rings. The highest BCUT2D eigenvalue weighted by Gasteiger charge is 2.65. The third-order valence-corrected chi connectivity index (χ3v) is 9.56. The summed E-state index contributed by atoms with van der Waals surface area (Å²) in [5.74, 6) is -0.738. The normalized spacial score (nSPS) is 47.6. The van der Waals surface area contributed by atoms with E-state index in [9.17, 15) is 24.9 Å². The number of ketones is 1. The maximum absolute atomic E-state index is 12.0. The maximum Gasteiger partial charge on any atom is 0.306 e. The lowest BCUT2D eigenvalue weighted by Gasteiger charge is -2.61. The number of aliphatic carboxylic acids is 1. The van der Waals surface area contributed by atoms with Crippen LogP contribution < -0.4 is 0 Å². The fourth-order valence-electron chi connectivity index (χ4n) is 8.00. The van der Waals surface area contributed by atoms with Crippen molar-refractivity contribution in [3.63, 3.8) is 0 Å². The van der Waals surface area contributed by atoms with Crippen molar-refractivity contribution in [2.24, 2.45) is 40.4 Å². The average molecular weight is 405 g/mol. The van der Waals surface area contributed by atoms with E-state index < -0.39 is 29.5 Å². The topological polar surface area (TPSA) is 94.8 Å². The number of carbonyl (C=O) groups is 2. The molecule has 9 atom stereocenters. The molecule has 5 nitrogen and oxygen atoms in total. The fourth-order valence-corrected chi connectivity index (χ4v) is 8.00. The van der Waals surface area contributed by atoms with Gasteiger partial charge in [-0.15, -0.1) is 0 Å². The third kappa shape index (κ3) is 2.95. The molecule has 4 aliphatic carbocycles. The lowest BCUT2D eigenvalue weighted by Crippen LogP contribution is -2.60. The minimum Gasteiger partial charge on any atom is -0.481 e. The molecule has 0 aliphatic heterocycles. The molecule has 5 heteroatoms. The van der Waals surface area contributed by atoms with Crippen molar-refractivity contribution in [1.29, 1.82) is 0 Å². The number of aliphatic hydroxyl groups excluding tert-OH is 2. The first-order valence-electron chi connectivity index (χ1n) is 11.5. The van der Waals surface area contributed by atoms with E-state index in [2.05, 4.69) is 13.8 Å². The van der Waals surface area contributed by atoms with Crippen LogP contribution in [0.5, 0.6) is 0 Å². The Bertz CT molecular complexity index is 729. The molecule has 1 unspecified atom stereocenters. The van der Waals surface area contributed by atoms with Crippen LogP contribution in [0.25, 0.3) is 0 Å². The molecule has 3 fully saturated rings. The van der Waals surface area contributed by atoms with Gasteiger partial charge in [0.2, 0.25) is 0 Å². The van der Waals surface area contributed by atoms with Crippen LogP contribution >= 0.6 is 0 Å². The van der Waals surface area contributed by atoms with E-state index in [1.165, 1.54) is 0 Å². The molecule has 0 aromatic carbocycles. The largest absolute Gasteiger partial charge is 0.481 e. The molecule has 29 heavy (non-hydrogen) atoms. The summed E-state index contributed by atoms with van der Waals surface area (Å²) in [4.78, 5) is 24.1. The molecule has 0 aromatic heterocycles. The number of rotatable bonds is 4. The summed E-state index contributed by atoms with van der Waals surface area (Å²) >= 11 is 0. The van der Waals surface area contributed by atoms with Crippen molar-refractivity contribution in [2.45, 2.75) is 84.3 Å². The lowest BCUT2D eigenvalue weighted by atomic mass is 9.45. The highest BCUT2D eigenvalue weighted by molar-refractivity contribution is 5.91. The summed E-state index contributed by atoms with van der Waals surface area (Å²) in [6.45, 7) is 6.32. The van der Waals surface area contributed by atoms with Crippen molar-refractivity contribution in [2.75, 3.05) is 0 Å². The Morgan fingerprint density at radius 1 is 1.24 bits per heavy atom. The van der Waals surface area contributed by atoms with Crippen LogP contribution in [-0.4, -0.2) is 39.3 Å². The van der Waals surface area contributed by atoms with Crippen LogP contribution in [-0.2, 0) is 9.59 Å². The van der Waals surface area contributed by atoms with Gasteiger partial charge in [-0.3, -0.25) is 9.59 Å². The summed E-state index contributed by atoms with van der Waals surface area (Å²) < 4.78 is 0. The number of fused-ring (bicyclic) bond motifs is 5. The predicted octanol–water partition coefficient (Wildman–Crippen LogP) is 3.58. The van der Waals surface area contributed by atoms with Crippen LogP contribution in [0.15, 0.2) is 11.6 Å². The highest BCUT2D eigenvalue weighted by Crippen LogP contribution is 2.67. The zero-order chi connectivity index (χ0) is 21.1. The third-order valence-electron chi connectivity index (χ3n) is 9.56. The Kier molecular flexibility index (Phi) is 5.22. The molecule has 162 valence electrons. The quantitative estimate of drug-likeness (QED) is 0.666. The molecular weight excluding hydrogens is 368 g/mol. The van der Waals surface area contributed by atoms with Crippen molar-refractivity contribution < 1.29 is 24.9 Å². The minimum absolute atomic E-state index is 0.0502. The van der Waals surface area contributed by atoms with Gasteiger partial charge in [-0.1, -0.05) is 32.8 Å². The van der Waals surface area contributed by atoms with Crippen LogP contribution in [0.1, 0.15) is 72.1 Å². The Hall–Kier alpha value is -1.20. The van der Waals surface area contributed by atoms with Crippen molar-refractivity contribution in [3.05, 3.63) is 11.6 Å². The Morgan fingerprint density at radius 3 is 2.62 bits per heavy atom. The first kappa shape index (κ1) is 21.0. The number of carboxylic acid groups (broad SMARTS) is 1. The van der Waals surface area contributed by atoms with Crippen molar-refractivity contribution in [1.82, 2.24) is 0 Å². The van der Waals surface area contributed by atoms with E-state index in [0.717, 1.165) is 31.3 Å². The van der Waals surface area contributed by atoms with Crippen molar-refractivity contribution in [3.8, 4) is 0 Å². The zero-order valence-electron chi connectivity index (χ0n) is 17.9. The Labute approximate surface area is 173 Å². The van der Waals surface area contributed by atoms with E-state index >= 15 is 0 Å². The minimum atomic E-state index is -0.750. The zero-order valence-corrected chi connectivity index (χ0v) is 17.9. The second-order valence-corrected chi connectivity index (χ2v) is 10.6. The van der Waals surface area contributed by atoms with Crippen LogP contribution in [0.3, 0.4) is 0 Å². The first-order valence-corrected chi connectivity index (χ1v) is 11.5. The molecule has 0 saturated heterocycles. The number of carboxylic acids is 1. The molecule has 0 heterocycles. The van der Waals surface area contributed by atoms with Gasteiger partial charge in [0.25, 0.3) is 0 Å². The monoisotopic (exact) mass is 404 g/mol. The van der Waals surface area contributed by atoms with Gasteiger partial charge in [0.05, 0.1) is 18.1 Å². The van der Waals surface area contributed by atoms with E-state index in [1.54, 1.807) is 6.08 Å². The summed E-state index contributed by atoms with van der Waals surface area (Å²) in [6, 6.07) is 0. The van der Waals surface area contributed by atoms with Gasteiger partial charge in [0, 0.05) is 11.8 Å². The van der Waals surface area contributed by atoms with E-state index in [-0.39, 0.29) is 34.9 Å². The van der Waals surface area contributed by atoms with Crippen LogP contribution in [0, 0.1) is 40.4 Å². The summed E-state index contributed by atoms with van der Waals surface area (Å²) in [5.41, 5.74) is 0.443. The van der Waals surface area contributed by atoms with E-state index in [1.807, 2.05) is 6.92 Å². The predicted molar refractivity (Wildman–Crippen MR) is 109 cm³/mol. The Balaban J connectivity index is 1.71. The molecular formula is C24H36O5. The van der Waals surface area contributed by atoms with Gasteiger partial charge >= 0.3 is 5.97 Å². The first-order chi connectivity index (χ1) is 13.6. The Morgan fingerprint density at radius 2 is 1.97 bits per heavy atom. The smallest absolute Gasteiger partial charge is 0.306 e. The molecule has 4 rings (SSSR count). The number of hydrogen-bond acceptors (Lipinski definition) is 4. The molecule has 4 aliphatic rings. The summed E-state index contributed by atoms with van der Waals surface area (Å²) in [6.07, 6.45) is 6.26. The second kappa shape index (κ2) is 7.19. The summed E-state index contributed by atoms with van der Waals surface area (Å²) in [7, 11) is 0. The number of hydrogen-bond donors (Lipinski definition) is 3. The summed E-state index contributed by atoms with van der Waals surface area (Å²) in [5, 5.41) is 32.5. The average Bonchev–Trinajstić information content (AvgIpc) is 3.00. The van der Waals surface area contributed by atoms with Gasteiger partial charge in [-0.25, -0.2) is 0 Å². The van der Waals surface area contributed by atoms with Gasteiger partial charge in [0.1, 0.15) is 0 Å². The standard InChI is InChI=1S/C24H36O5/c1-4-5-15(22(28)29)16-6-7-17-21-18(12-20(27)24(16,17)3)23(2)9-8-14(25)10-13(23)11-19(21)26/h10,15-21,26-27H,4-9,11-12H2,1-3H3,(H,28,29)/t15?,16-,17+,18+,19-,20-,21+,23+,24+/m1/s1. The lowest BCUT2D eigenvalue weighted by molar-refractivity contribution is -0.174. The highest BCUT2D eigenvalue weighted by atomic mass is 16.4. The second-order valence-electron chi connectivity index (χ2n) is 10.6. The number of carbonyl (C=O) groups excluding carboxylic acids is 1. The fraction of sp³-hybridized carbons (Fsp3) is 0.833.